The molecule has 1 unspecified atom stereocenters. The van der Waals surface area contributed by atoms with E-state index < -0.39 is 0 Å². The third kappa shape index (κ3) is 2.14. The first kappa shape index (κ1) is 11.7. The Kier molecular flexibility index (Phi) is 3.07. The van der Waals surface area contributed by atoms with E-state index in [1.165, 1.54) is 19.3 Å². The highest BCUT2D eigenvalue weighted by atomic mass is 35.5. The van der Waals surface area contributed by atoms with Crippen LogP contribution >= 0.6 is 11.6 Å². The number of nitrogens with one attached hydrogen (secondary N) is 1. The van der Waals surface area contributed by atoms with E-state index in [4.69, 9.17) is 11.6 Å². The van der Waals surface area contributed by atoms with Gasteiger partial charge in [0.1, 0.15) is 5.52 Å². The Bertz CT molecular complexity index is 552. The number of halogens is 1. The molecule has 0 amide bonds. The summed E-state index contributed by atoms with van der Waals surface area (Å²) in [5.74, 6) is 1.67. The van der Waals surface area contributed by atoms with E-state index in [0.29, 0.717) is 5.65 Å². The van der Waals surface area contributed by atoms with Gasteiger partial charge in [-0.3, -0.25) is 0 Å². The number of anilines is 1. The molecule has 5 nitrogen and oxygen atoms in total. The van der Waals surface area contributed by atoms with Crippen molar-refractivity contribution < 1.29 is 0 Å². The molecule has 1 saturated heterocycles. The van der Waals surface area contributed by atoms with Gasteiger partial charge in [0.05, 0.1) is 6.33 Å². The number of nitrogens with zero attached hydrogens (tertiary/aromatic N) is 4. The Morgan fingerprint density at radius 3 is 3.11 bits per heavy atom. The third-order valence-corrected chi connectivity index (χ3v) is 3.72. The lowest BCUT2D eigenvalue weighted by Crippen LogP contribution is -2.25. The molecule has 18 heavy (non-hydrogen) atoms. The lowest BCUT2D eigenvalue weighted by molar-refractivity contribution is 0.521. The molecule has 1 aliphatic heterocycles. The zero-order chi connectivity index (χ0) is 12.5. The fourth-order valence-electron chi connectivity index (χ4n) is 2.50. The molecule has 3 heterocycles. The first-order valence-corrected chi connectivity index (χ1v) is 6.73. The van der Waals surface area contributed by atoms with E-state index in [1.54, 1.807) is 6.33 Å². The van der Waals surface area contributed by atoms with Gasteiger partial charge < -0.3 is 9.88 Å². The highest BCUT2D eigenvalue weighted by Crippen LogP contribution is 2.26. The van der Waals surface area contributed by atoms with E-state index in [-0.39, 0.29) is 5.28 Å². The SMILES string of the molecule is CC1CCCN(c2nc(Cl)nc3nc[nH]c23)CC1. The maximum absolute atomic E-state index is 5.97. The fraction of sp³-hybridized carbons (Fsp3) is 0.583. The highest BCUT2D eigenvalue weighted by Gasteiger charge is 2.19. The van der Waals surface area contributed by atoms with E-state index in [1.807, 2.05) is 0 Å². The molecule has 1 aliphatic rings. The second-order valence-corrected chi connectivity index (χ2v) is 5.28. The quantitative estimate of drug-likeness (QED) is 0.806. The van der Waals surface area contributed by atoms with Crippen molar-refractivity contribution in [2.24, 2.45) is 5.92 Å². The van der Waals surface area contributed by atoms with Crippen LogP contribution in [0.5, 0.6) is 0 Å². The summed E-state index contributed by atoms with van der Waals surface area (Å²) < 4.78 is 0. The topological polar surface area (TPSA) is 57.7 Å². The van der Waals surface area contributed by atoms with Crippen molar-refractivity contribution in [2.45, 2.75) is 26.2 Å². The maximum Gasteiger partial charge on any atom is 0.226 e. The molecule has 0 saturated carbocycles. The van der Waals surface area contributed by atoms with Gasteiger partial charge in [-0.15, -0.1) is 0 Å². The monoisotopic (exact) mass is 265 g/mol. The molecule has 3 rings (SSSR count). The Hall–Kier alpha value is -1.36. The Balaban J connectivity index is 1.99. The molecule has 1 N–H and O–H groups in total. The number of hydrogen-bond acceptors (Lipinski definition) is 4. The number of aromatic nitrogens is 4. The number of fused-ring (bicyclic) bond motifs is 1. The van der Waals surface area contributed by atoms with Gasteiger partial charge in [-0.05, 0) is 36.8 Å². The van der Waals surface area contributed by atoms with Crippen molar-refractivity contribution in [1.29, 1.82) is 0 Å². The molecule has 0 aromatic carbocycles. The van der Waals surface area contributed by atoms with Crippen LogP contribution < -0.4 is 4.90 Å². The molecular formula is C12H16ClN5. The molecule has 0 bridgehead atoms. The molecule has 6 heteroatoms. The molecule has 2 aromatic heterocycles. The maximum atomic E-state index is 5.97. The normalized spacial score (nSPS) is 21.2. The molecule has 2 aromatic rings. The minimum Gasteiger partial charge on any atom is -0.355 e. The zero-order valence-corrected chi connectivity index (χ0v) is 11.1. The molecule has 0 aliphatic carbocycles. The van der Waals surface area contributed by atoms with Gasteiger partial charge >= 0.3 is 0 Å². The van der Waals surface area contributed by atoms with Crippen LogP contribution in [-0.2, 0) is 0 Å². The highest BCUT2D eigenvalue weighted by molar-refractivity contribution is 6.28. The summed E-state index contributed by atoms with van der Waals surface area (Å²) in [7, 11) is 0. The van der Waals surface area contributed by atoms with Crippen molar-refractivity contribution in [3.63, 3.8) is 0 Å². The van der Waals surface area contributed by atoms with Gasteiger partial charge in [-0.25, -0.2) is 4.98 Å². The van der Waals surface area contributed by atoms with Crippen LogP contribution in [0.4, 0.5) is 5.82 Å². The van der Waals surface area contributed by atoms with Crippen molar-refractivity contribution in [3.05, 3.63) is 11.6 Å². The number of aromatic amines is 1. The van der Waals surface area contributed by atoms with Crippen LogP contribution in [0.25, 0.3) is 11.2 Å². The van der Waals surface area contributed by atoms with Gasteiger partial charge in [0, 0.05) is 13.1 Å². The van der Waals surface area contributed by atoms with Gasteiger partial charge in [0.15, 0.2) is 11.5 Å². The summed E-state index contributed by atoms with van der Waals surface area (Å²) in [5.41, 5.74) is 1.52. The van der Waals surface area contributed by atoms with E-state index in [2.05, 4.69) is 31.8 Å². The summed E-state index contributed by atoms with van der Waals surface area (Å²) in [6, 6.07) is 0. The van der Waals surface area contributed by atoms with Crippen LogP contribution in [0, 0.1) is 5.92 Å². The largest absolute Gasteiger partial charge is 0.355 e. The summed E-state index contributed by atoms with van der Waals surface area (Å²) >= 11 is 5.97. The Morgan fingerprint density at radius 1 is 1.33 bits per heavy atom. The lowest BCUT2D eigenvalue weighted by Gasteiger charge is -2.21. The lowest BCUT2D eigenvalue weighted by atomic mass is 10.0. The van der Waals surface area contributed by atoms with Crippen LogP contribution in [-0.4, -0.2) is 33.0 Å². The standard InChI is InChI=1S/C12H16ClN5/c1-8-3-2-5-18(6-4-8)11-9-10(15-7-14-9)16-12(13)17-11/h7-8H,2-6H2,1H3,(H,14,15,16,17). The molecule has 1 fully saturated rings. The molecule has 1 atom stereocenters. The third-order valence-electron chi connectivity index (χ3n) is 3.56. The molecule has 0 spiro atoms. The Labute approximate surface area is 111 Å². The van der Waals surface area contributed by atoms with E-state index in [9.17, 15) is 0 Å². The zero-order valence-electron chi connectivity index (χ0n) is 10.4. The minimum absolute atomic E-state index is 0.266. The molecule has 0 radical (unpaired) electrons. The van der Waals surface area contributed by atoms with Crippen LogP contribution in [0.15, 0.2) is 6.33 Å². The minimum atomic E-state index is 0.266. The number of imidazole rings is 1. The van der Waals surface area contributed by atoms with Gasteiger partial charge in [-0.2, -0.15) is 9.97 Å². The average molecular weight is 266 g/mol. The second kappa shape index (κ2) is 4.72. The van der Waals surface area contributed by atoms with Crippen LogP contribution in [0.2, 0.25) is 5.28 Å². The first-order valence-electron chi connectivity index (χ1n) is 6.35. The summed E-state index contributed by atoms with van der Waals surface area (Å²) in [6.45, 7) is 4.34. The van der Waals surface area contributed by atoms with Crippen molar-refractivity contribution >= 4 is 28.6 Å². The van der Waals surface area contributed by atoms with Gasteiger partial charge in [0.2, 0.25) is 5.28 Å². The summed E-state index contributed by atoms with van der Waals surface area (Å²) in [5, 5.41) is 0.266. The van der Waals surface area contributed by atoms with Crippen molar-refractivity contribution in [2.75, 3.05) is 18.0 Å². The van der Waals surface area contributed by atoms with E-state index in [0.717, 1.165) is 30.3 Å². The second-order valence-electron chi connectivity index (χ2n) is 4.94. The summed E-state index contributed by atoms with van der Waals surface area (Å²) in [4.78, 5) is 18.0. The molecule has 96 valence electrons. The number of H-pyrrole nitrogens is 1. The molecular weight excluding hydrogens is 250 g/mol. The van der Waals surface area contributed by atoms with E-state index >= 15 is 0 Å². The van der Waals surface area contributed by atoms with Crippen molar-refractivity contribution in [1.82, 2.24) is 19.9 Å². The average Bonchev–Trinajstić information content (AvgIpc) is 2.70. The number of rotatable bonds is 1. The predicted molar refractivity (Wildman–Crippen MR) is 71.9 cm³/mol. The van der Waals surface area contributed by atoms with Crippen LogP contribution in [0.1, 0.15) is 26.2 Å². The van der Waals surface area contributed by atoms with Gasteiger partial charge in [0.25, 0.3) is 0 Å². The van der Waals surface area contributed by atoms with Crippen molar-refractivity contribution in [3.8, 4) is 0 Å². The number of hydrogen-bond donors (Lipinski definition) is 1. The first-order chi connectivity index (χ1) is 8.74. The Morgan fingerprint density at radius 2 is 2.22 bits per heavy atom. The fourth-order valence-corrected chi connectivity index (χ4v) is 2.66. The van der Waals surface area contributed by atoms with Gasteiger partial charge in [-0.1, -0.05) is 6.92 Å². The van der Waals surface area contributed by atoms with Crippen LogP contribution in [0.3, 0.4) is 0 Å². The predicted octanol–water partition coefficient (Wildman–Crippen LogP) is 2.63. The smallest absolute Gasteiger partial charge is 0.226 e. The summed E-state index contributed by atoms with van der Waals surface area (Å²) in [6.07, 6.45) is 5.30.